The molecule has 0 unspecified atom stereocenters. The molecular formula is C11H16ClNOS. The Morgan fingerprint density at radius 3 is 2.87 bits per heavy atom. The van der Waals surface area contributed by atoms with Crippen LogP contribution in [-0.4, -0.2) is 11.6 Å². The Morgan fingerprint density at radius 2 is 2.20 bits per heavy atom. The number of ether oxygens (including phenoxy) is 1. The molecule has 1 aromatic heterocycles. The topological polar surface area (TPSA) is 22.1 Å². The highest BCUT2D eigenvalue weighted by Crippen LogP contribution is 2.24. The molecule has 4 heteroatoms. The van der Waals surface area contributed by atoms with Crippen molar-refractivity contribution in [3.63, 3.8) is 0 Å². The van der Waals surface area contributed by atoms with Crippen molar-refractivity contribution in [1.82, 2.24) is 4.98 Å². The number of halogens is 1. The van der Waals surface area contributed by atoms with Crippen molar-refractivity contribution in [2.24, 2.45) is 5.92 Å². The molecule has 2 nitrogen and oxygen atoms in total. The lowest BCUT2D eigenvalue weighted by molar-refractivity contribution is 0.0754. The zero-order chi connectivity index (χ0) is 10.5. The van der Waals surface area contributed by atoms with Crippen LogP contribution in [0.1, 0.15) is 37.0 Å². The number of nitrogens with zero attached hydrogens (tertiary/aromatic N) is 1. The van der Waals surface area contributed by atoms with Crippen LogP contribution in [0, 0.1) is 5.92 Å². The number of rotatable bonds is 4. The van der Waals surface area contributed by atoms with Crippen LogP contribution in [0.3, 0.4) is 0 Å². The van der Waals surface area contributed by atoms with Crippen molar-refractivity contribution in [2.45, 2.75) is 38.7 Å². The average Bonchev–Trinajstić information content (AvgIpc) is 2.66. The lowest BCUT2D eigenvalue weighted by Crippen LogP contribution is -2.12. The second kappa shape index (κ2) is 5.83. The van der Waals surface area contributed by atoms with Gasteiger partial charge in [0.05, 0.1) is 11.5 Å². The Balaban J connectivity index is 1.65. The summed E-state index contributed by atoms with van der Waals surface area (Å²) in [6.45, 7) is 1.57. The first-order chi connectivity index (χ1) is 7.34. The molecule has 1 aliphatic rings. The van der Waals surface area contributed by atoms with E-state index < -0.39 is 0 Å². The Hall–Kier alpha value is -0.120. The van der Waals surface area contributed by atoms with Gasteiger partial charge in [-0.1, -0.05) is 30.9 Å². The third kappa shape index (κ3) is 3.74. The first kappa shape index (κ1) is 11.4. The minimum absolute atomic E-state index is 0.603. The molecule has 2 rings (SSSR count). The summed E-state index contributed by atoms with van der Waals surface area (Å²) < 4.78 is 6.29. The lowest BCUT2D eigenvalue weighted by atomic mass is 9.90. The maximum absolute atomic E-state index is 5.74. The number of hydrogen-bond acceptors (Lipinski definition) is 3. The van der Waals surface area contributed by atoms with E-state index in [9.17, 15) is 0 Å². The fourth-order valence-corrected chi connectivity index (χ4v) is 2.95. The van der Waals surface area contributed by atoms with E-state index in [0.29, 0.717) is 11.1 Å². The molecule has 0 aromatic carbocycles. The van der Waals surface area contributed by atoms with Gasteiger partial charge in [0, 0.05) is 12.8 Å². The molecule has 1 aromatic rings. The molecule has 0 aliphatic heterocycles. The standard InChI is InChI=1S/C11H16ClNOS/c12-11-13-6-10(15-11)8-14-7-9-4-2-1-3-5-9/h6,9H,1-5,7-8H2. The summed E-state index contributed by atoms with van der Waals surface area (Å²) in [5.41, 5.74) is 0. The third-order valence-electron chi connectivity index (χ3n) is 2.85. The van der Waals surface area contributed by atoms with Gasteiger partial charge in [-0.25, -0.2) is 4.98 Å². The highest BCUT2D eigenvalue weighted by atomic mass is 35.5. The van der Waals surface area contributed by atoms with Gasteiger partial charge in [0.1, 0.15) is 0 Å². The van der Waals surface area contributed by atoms with Crippen LogP contribution in [0.15, 0.2) is 6.20 Å². The van der Waals surface area contributed by atoms with Crippen LogP contribution in [0.4, 0.5) is 0 Å². The molecule has 0 radical (unpaired) electrons. The summed E-state index contributed by atoms with van der Waals surface area (Å²) in [5.74, 6) is 0.780. The maximum Gasteiger partial charge on any atom is 0.183 e. The number of aromatic nitrogens is 1. The van der Waals surface area contributed by atoms with E-state index in [1.54, 1.807) is 6.20 Å². The molecule has 0 amide bonds. The van der Waals surface area contributed by atoms with Crippen molar-refractivity contribution < 1.29 is 4.74 Å². The fraction of sp³-hybridized carbons (Fsp3) is 0.727. The fourth-order valence-electron chi connectivity index (χ4n) is 2.03. The van der Waals surface area contributed by atoms with E-state index in [-0.39, 0.29) is 0 Å². The Bertz CT molecular complexity index is 297. The van der Waals surface area contributed by atoms with E-state index in [0.717, 1.165) is 17.4 Å². The molecule has 0 bridgehead atoms. The highest BCUT2D eigenvalue weighted by molar-refractivity contribution is 7.15. The average molecular weight is 246 g/mol. The molecule has 1 fully saturated rings. The first-order valence-corrected chi connectivity index (χ1v) is 6.72. The van der Waals surface area contributed by atoms with Gasteiger partial charge >= 0.3 is 0 Å². The van der Waals surface area contributed by atoms with Crippen molar-refractivity contribution in [2.75, 3.05) is 6.61 Å². The van der Waals surface area contributed by atoms with Crippen molar-refractivity contribution in [3.8, 4) is 0 Å². The SMILES string of the molecule is Clc1ncc(COCC2CCCCC2)s1. The van der Waals surface area contributed by atoms with Gasteiger partial charge in [0.25, 0.3) is 0 Å². The van der Waals surface area contributed by atoms with Gasteiger partial charge in [0.2, 0.25) is 0 Å². The highest BCUT2D eigenvalue weighted by Gasteiger charge is 2.13. The molecule has 0 N–H and O–H groups in total. The zero-order valence-electron chi connectivity index (χ0n) is 8.75. The van der Waals surface area contributed by atoms with Gasteiger partial charge in [0.15, 0.2) is 4.47 Å². The van der Waals surface area contributed by atoms with Crippen LogP contribution in [0.5, 0.6) is 0 Å². The van der Waals surface area contributed by atoms with Gasteiger partial charge in [-0.15, -0.1) is 11.3 Å². The lowest BCUT2D eigenvalue weighted by Gasteiger charge is -2.20. The third-order valence-corrected chi connectivity index (χ3v) is 3.94. The Labute approximate surface area is 99.6 Å². The van der Waals surface area contributed by atoms with E-state index in [1.807, 2.05) is 0 Å². The summed E-state index contributed by atoms with van der Waals surface area (Å²) in [6, 6.07) is 0. The molecule has 0 atom stereocenters. The van der Waals surface area contributed by atoms with Crippen LogP contribution in [-0.2, 0) is 11.3 Å². The molecule has 0 spiro atoms. The molecule has 0 saturated heterocycles. The molecule has 1 saturated carbocycles. The number of thiazole rings is 1. The van der Waals surface area contributed by atoms with Crippen LogP contribution in [0.25, 0.3) is 0 Å². The van der Waals surface area contributed by atoms with Crippen molar-refractivity contribution in [1.29, 1.82) is 0 Å². The monoisotopic (exact) mass is 245 g/mol. The maximum atomic E-state index is 5.74. The van der Waals surface area contributed by atoms with E-state index in [2.05, 4.69) is 4.98 Å². The van der Waals surface area contributed by atoms with Crippen molar-refractivity contribution >= 4 is 22.9 Å². The van der Waals surface area contributed by atoms with Crippen molar-refractivity contribution in [3.05, 3.63) is 15.5 Å². The Kier molecular flexibility index (Phi) is 4.42. The Morgan fingerprint density at radius 1 is 1.40 bits per heavy atom. The van der Waals surface area contributed by atoms with E-state index in [4.69, 9.17) is 16.3 Å². The minimum atomic E-state index is 0.603. The van der Waals surface area contributed by atoms with Crippen LogP contribution >= 0.6 is 22.9 Å². The second-order valence-corrected chi connectivity index (χ2v) is 5.80. The quantitative estimate of drug-likeness (QED) is 0.803. The van der Waals surface area contributed by atoms with Gasteiger partial charge in [-0.3, -0.25) is 0 Å². The van der Waals surface area contributed by atoms with Crippen LogP contribution < -0.4 is 0 Å². The molecule has 15 heavy (non-hydrogen) atoms. The van der Waals surface area contributed by atoms with Gasteiger partial charge in [-0.05, 0) is 18.8 Å². The van der Waals surface area contributed by atoms with E-state index >= 15 is 0 Å². The first-order valence-electron chi connectivity index (χ1n) is 5.52. The van der Waals surface area contributed by atoms with Crippen LogP contribution in [0.2, 0.25) is 4.47 Å². The van der Waals surface area contributed by atoms with Gasteiger partial charge in [-0.2, -0.15) is 0 Å². The molecular weight excluding hydrogens is 230 g/mol. The predicted octanol–water partition coefficient (Wildman–Crippen LogP) is 3.89. The van der Waals surface area contributed by atoms with E-state index in [1.165, 1.54) is 43.4 Å². The summed E-state index contributed by atoms with van der Waals surface area (Å²) in [6.07, 6.45) is 8.63. The smallest absolute Gasteiger partial charge is 0.183 e. The summed E-state index contributed by atoms with van der Waals surface area (Å²) in [4.78, 5) is 5.11. The molecule has 1 aliphatic carbocycles. The molecule has 1 heterocycles. The summed E-state index contributed by atoms with van der Waals surface area (Å²) >= 11 is 7.24. The predicted molar refractivity (Wildman–Crippen MR) is 63.4 cm³/mol. The largest absolute Gasteiger partial charge is 0.376 e. The summed E-state index contributed by atoms with van der Waals surface area (Å²) in [5, 5.41) is 0. The summed E-state index contributed by atoms with van der Waals surface area (Å²) in [7, 11) is 0. The van der Waals surface area contributed by atoms with Gasteiger partial charge < -0.3 is 4.74 Å². The normalized spacial score (nSPS) is 18.2. The number of hydrogen-bond donors (Lipinski definition) is 0. The zero-order valence-corrected chi connectivity index (χ0v) is 10.3. The molecule has 84 valence electrons. The minimum Gasteiger partial charge on any atom is -0.376 e. The second-order valence-electron chi connectivity index (χ2n) is 4.10.